The maximum absolute atomic E-state index is 5.38. The Morgan fingerprint density at radius 1 is 0.444 bits per heavy atom. The lowest BCUT2D eigenvalue weighted by Gasteiger charge is -2.11. The Hall–Kier alpha value is -2.44. The van der Waals surface area contributed by atoms with Crippen LogP contribution in [0.5, 0.6) is 11.5 Å². The average molecular weight is 499 g/mol. The number of rotatable bonds is 23. The summed E-state index contributed by atoms with van der Waals surface area (Å²) < 4.78 is 10.7. The molecule has 0 atom stereocenters. The van der Waals surface area contributed by atoms with Crippen molar-refractivity contribution in [2.24, 2.45) is 0 Å². The molecule has 0 fully saturated rings. The Kier molecular flexibility index (Phi) is 17.1. The van der Waals surface area contributed by atoms with Gasteiger partial charge in [-0.15, -0.1) is 0 Å². The van der Waals surface area contributed by atoms with E-state index in [1.165, 1.54) is 57.8 Å². The molecule has 0 radical (unpaired) electrons. The maximum atomic E-state index is 5.38. The highest BCUT2D eigenvalue weighted by molar-refractivity contribution is 5.56. The number of benzene rings is 2. The minimum atomic E-state index is 0.913. The summed E-state index contributed by atoms with van der Waals surface area (Å²) in [6.07, 6.45) is 12.6. The molecule has 0 aliphatic heterocycles. The minimum absolute atomic E-state index is 0.913. The summed E-state index contributed by atoms with van der Waals surface area (Å²) in [7, 11) is 3.44. The van der Waals surface area contributed by atoms with E-state index in [9.17, 15) is 0 Å². The molecule has 0 amide bonds. The van der Waals surface area contributed by atoms with E-state index in [0.29, 0.717) is 0 Å². The van der Waals surface area contributed by atoms with Crippen LogP contribution >= 0.6 is 0 Å². The SMILES string of the molecule is COc1ccccc1NCCCCCCNCCCCCCNCCCCNc1ccccc1OC. The van der Waals surface area contributed by atoms with E-state index in [0.717, 1.165) is 68.6 Å². The zero-order valence-electron chi connectivity index (χ0n) is 22.7. The van der Waals surface area contributed by atoms with E-state index in [1.54, 1.807) is 14.2 Å². The quantitative estimate of drug-likeness (QED) is 0.135. The van der Waals surface area contributed by atoms with Crippen molar-refractivity contribution in [1.82, 2.24) is 10.6 Å². The van der Waals surface area contributed by atoms with Gasteiger partial charge < -0.3 is 30.7 Å². The normalized spacial score (nSPS) is 10.8. The second-order valence-corrected chi connectivity index (χ2v) is 9.29. The van der Waals surface area contributed by atoms with Crippen molar-refractivity contribution in [3.05, 3.63) is 48.5 Å². The van der Waals surface area contributed by atoms with E-state index in [4.69, 9.17) is 9.47 Å². The van der Waals surface area contributed by atoms with Crippen LogP contribution in [0, 0.1) is 0 Å². The molecule has 0 heterocycles. The van der Waals surface area contributed by atoms with E-state index >= 15 is 0 Å². The maximum Gasteiger partial charge on any atom is 0.141 e. The highest BCUT2D eigenvalue weighted by atomic mass is 16.5. The lowest BCUT2D eigenvalue weighted by Crippen LogP contribution is -2.18. The Bertz CT molecular complexity index is 722. The third-order valence-corrected chi connectivity index (χ3v) is 6.36. The molecule has 0 aliphatic rings. The van der Waals surface area contributed by atoms with Crippen LogP contribution in [0.25, 0.3) is 0 Å². The summed E-state index contributed by atoms with van der Waals surface area (Å²) in [6.45, 7) is 6.53. The Morgan fingerprint density at radius 2 is 0.778 bits per heavy atom. The molecule has 2 aromatic rings. The predicted molar refractivity (Wildman–Crippen MR) is 155 cm³/mol. The second kappa shape index (κ2) is 20.7. The molecule has 0 saturated carbocycles. The zero-order chi connectivity index (χ0) is 25.5. The first kappa shape index (κ1) is 29.8. The van der Waals surface area contributed by atoms with Crippen molar-refractivity contribution in [1.29, 1.82) is 0 Å². The molecule has 0 bridgehead atoms. The lowest BCUT2D eigenvalue weighted by molar-refractivity contribution is 0.416. The third kappa shape index (κ3) is 13.6. The number of hydrogen-bond donors (Lipinski definition) is 4. The molecule has 2 rings (SSSR count). The summed E-state index contributed by atoms with van der Waals surface area (Å²) in [6, 6.07) is 16.2. The van der Waals surface area contributed by atoms with Gasteiger partial charge in [0.25, 0.3) is 0 Å². The fourth-order valence-electron chi connectivity index (χ4n) is 4.23. The number of ether oxygens (including phenoxy) is 2. The number of hydrogen-bond acceptors (Lipinski definition) is 6. The van der Waals surface area contributed by atoms with Gasteiger partial charge in [-0.1, -0.05) is 49.9 Å². The van der Waals surface area contributed by atoms with Crippen molar-refractivity contribution in [3.8, 4) is 11.5 Å². The predicted octanol–water partition coefficient (Wildman–Crippen LogP) is 6.31. The number of unbranched alkanes of at least 4 members (excludes halogenated alkanes) is 7. The molecule has 0 saturated heterocycles. The highest BCUT2D eigenvalue weighted by Crippen LogP contribution is 2.23. The second-order valence-electron chi connectivity index (χ2n) is 9.29. The first-order valence-electron chi connectivity index (χ1n) is 14.0. The van der Waals surface area contributed by atoms with Gasteiger partial charge in [0.2, 0.25) is 0 Å². The van der Waals surface area contributed by atoms with Crippen LogP contribution in [0.3, 0.4) is 0 Å². The molecule has 0 unspecified atom stereocenters. The summed E-state index contributed by atoms with van der Waals surface area (Å²) in [5, 5.41) is 14.1. The average Bonchev–Trinajstić information content (AvgIpc) is 2.92. The first-order chi connectivity index (χ1) is 17.8. The molecule has 4 N–H and O–H groups in total. The Morgan fingerprint density at radius 3 is 1.19 bits per heavy atom. The molecular formula is C30H50N4O2. The first-order valence-corrected chi connectivity index (χ1v) is 14.0. The van der Waals surface area contributed by atoms with E-state index in [-0.39, 0.29) is 0 Å². The highest BCUT2D eigenvalue weighted by Gasteiger charge is 2.01. The Balaban J connectivity index is 1.26. The fourth-order valence-corrected chi connectivity index (χ4v) is 4.23. The van der Waals surface area contributed by atoms with Gasteiger partial charge in [0.1, 0.15) is 11.5 Å². The van der Waals surface area contributed by atoms with Gasteiger partial charge in [0.15, 0.2) is 0 Å². The molecule has 6 heteroatoms. The zero-order valence-corrected chi connectivity index (χ0v) is 22.7. The Labute approximate surface area is 219 Å². The van der Waals surface area contributed by atoms with Crippen LogP contribution in [0.15, 0.2) is 48.5 Å². The van der Waals surface area contributed by atoms with Crippen molar-refractivity contribution in [2.45, 2.75) is 64.2 Å². The molecule has 36 heavy (non-hydrogen) atoms. The summed E-state index contributed by atoms with van der Waals surface area (Å²) in [5.41, 5.74) is 2.17. The molecule has 202 valence electrons. The minimum Gasteiger partial charge on any atom is -0.495 e. The molecule has 0 aromatic heterocycles. The van der Waals surface area contributed by atoms with Crippen molar-refractivity contribution in [2.75, 3.05) is 64.1 Å². The number of methoxy groups -OCH3 is 2. The molecule has 2 aromatic carbocycles. The molecule has 0 spiro atoms. The fraction of sp³-hybridized carbons (Fsp3) is 0.600. The molecule has 6 nitrogen and oxygen atoms in total. The lowest BCUT2D eigenvalue weighted by atomic mass is 10.1. The summed E-state index contributed by atoms with van der Waals surface area (Å²) >= 11 is 0. The van der Waals surface area contributed by atoms with Gasteiger partial charge in [-0.3, -0.25) is 0 Å². The van der Waals surface area contributed by atoms with Gasteiger partial charge in [0, 0.05) is 13.1 Å². The monoisotopic (exact) mass is 498 g/mol. The molecule has 0 aliphatic carbocycles. The molecular weight excluding hydrogens is 448 g/mol. The van der Waals surface area contributed by atoms with E-state index in [2.05, 4.69) is 33.4 Å². The van der Waals surface area contributed by atoms with Crippen molar-refractivity contribution < 1.29 is 9.47 Å². The van der Waals surface area contributed by atoms with Crippen LogP contribution in [0.4, 0.5) is 11.4 Å². The van der Waals surface area contributed by atoms with Crippen LogP contribution in [0.1, 0.15) is 64.2 Å². The van der Waals surface area contributed by atoms with Gasteiger partial charge in [-0.2, -0.15) is 0 Å². The van der Waals surface area contributed by atoms with Crippen LogP contribution in [-0.2, 0) is 0 Å². The van der Waals surface area contributed by atoms with Crippen LogP contribution in [0.2, 0.25) is 0 Å². The summed E-state index contributed by atoms with van der Waals surface area (Å²) in [4.78, 5) is 0. The van der Waals surface area contributed by atoms with Crippen molar-refractivity contribution >= 4 is 11.4 Å². The smallest absolute Gasteiger partial charge is 0.141 e. The number of para-hydroxylation sites is 4. The summed E-state index contributed by atoms with van der Waals surface area (Å²) in [5.74, 6) is 1.83. The van der Waals surface area contributed by atoms with Gasteiger partial charge in [0.05, 0.1) is 25.6 Å². The van der Waals surface area contributed by atoms with Gasteiger partial charge in [-0.05, 0) is 89.0 Å². The standard InChI is InChI=1S/C30H50N4O2/c1-35-29-19-9-7-17-27(29)33-25-14-6-5-13-22-31-21-11-3-4-12-23-32-24-15-16-26-34-28-18-8-10-20-30(28)36-2/h7-10,17-20,31-34H,3-6,11-16,21-26H2,1-2H3. The number of nitrogens with one attached hydrogen (secondary N) is 4. The van der Waals surface area contributed by atoms with Gasteiger partial charge in [-0.25, -0.2) is 0 Å². The van der Waals surface area contributed by atoms with Gasteiger partial charge >= 0.3 is 0 Å². The number of anilines is 2. The van der Waals surface area contributed by atoms with E-state index < -0.39 is 0 Å². The van der Waals surface area contributed by atoms with E-state index in [1.807, 2.05) is 36.4 Å². The topological polar surface area (TPSA) is 66.6 Å². The van der Waals surface area contributed by atoms with Crippen molar-refractivity contribution in [3.63, 3.8) is 0 Å². The largest absolute Gasteiger partial charge is 0.495 e. The van der Waals surface area contributed by atoms with Crippen LogP contribution in [-0.4, -0.2) is 53.5 Å². The third-order valence-electron chi connectivity index (χ3n) is 6.36. The van der Waals surface area contributed by atoms with Crippen LogP contribution < -0.4 is 30.7 Å².